The largest absolute Gasteiger partial charge is 0.478 e. The molecule has 0 aromatic heterocycles. The summed E-state index contributed by atoms with van der Waals surface area (Å²) in [7, 11) is -3.87. The Morgan fingerprint density at radius 3 is 2.65 bits per heavy atom. The number of aliphatic hydroxyl groups excluding tert-OH is 1. The van der Waals surface area contributed by atoms with Crippen molar-refractivity contribution < 1.29 is 23.4 Å². The van der Waals surface area contributed by atoms with Crippen LogP contribution < -0.4 is 4.72 Å². The molecule has 0 radical (unpaired) electrons. The van der Waals surface area contributed by atoms with Gasteiger partial charge in [0, 0.05) is 6.54 Å². The van der Waals surface area contributed by atoms with E-state index >= 15 is 0 Å². The molecule has 0 spiro atoms. The van der Waals surface area contributed by atoms with Crippen molar-refractivity contribution in [3.8, 4) is 0 Å². The molecule has 1 unspecified atom stereocenters. The molecule has 1 rings (SSSR count). The molecule has 0 aliphatic carbocycles. The number of carboxylic acids is 1. The van der Waals surface area contributed by atoms with Crippen LogP contribution in [-0.2, 0) is 10.0 Å². The highest BCUT2D eigenvalue weighted by molar-refractivity contribution is 7.89. The molecule has 3 N–H and O–H groups in total. The lowest BCUT2D eigenvalue weighted by atomic mass is 10.2. The van der Waals surface area contributed by atoms with Crippen molar-refractivity contribution in [3.63, 3.8) is 0 Å². The van der Waals surface area contributed by atoms with Crippen molar-refractivity contribution in [1.82, 2.24) is 4.72 Å². The fourth-order valence-corrected chi connectivity index (χ4v) is 3.12. The van der Waals surface area contributed by atoms with Crippen LogP contribution >= 0.6 is 11.6 Å². The number of aliphatic hydroxyl groups is 1. The van der Waals surface area contributed by atoms with Crippen LogP contribution in [0.25, 0.3) is 0 Å². The summed E-state index contributed by atoms with van der Waals surface area (Å²) < 4.78 is 26.4. The molecule has 0 heterocycles. The maximum atomic E-state index is 12.0. The Balaban J connectivity index is 2.86. The first kappa shape index (κ1) is 16.9. The van der Waals surface area contributed by atoms with Gasteiger partial charge in [-0.3, -0.25) is 0 Å². The summed E-state index contributed by atoms with van der Waals surface area (Å²) in [5, 5.41) is 17.9. The van der Waals surface area contributed by atoms with E-state index in [1.165, 1.54) is 12.1 Å². The second kappa shape index (κ2) is 7.03. The van der Waals surface area contributed by atoms with Gasteiger partial charge >= 0.3 is 5.97 Å². The number of halogens is 1. The zero-order valence-electron chi connectivity index (χ0n) is 10.8. The molecule has 1 atom stereocenters. The molecular formula is C12H16ClNO5S. The smallest absolute Gasteiger partial charge is 0.335 e. The van der Waals surface area contributed by atoms with Crippen LogP contribution in [0, 0.1) is 0 Å². The van der Waals surface area contributed by atoms with Crippen molar-refractivity contribution in [2.45, 2.75) is 30.8 Å². The van der Waals surface area contributed by atoms with E-state index in [2.05, 4.69) is 4.72 Å². The van der Waals surface area contributed by atoms with Gasteiger partial charge in [-0.05, 0) is 38.0 Å². The van der Waals surface area contributed by atoms with Gasteiger partial charge in [-0.2, -0.15) is 0 Å². The molecule has 1 aromatic carbocycles. The van der Waals surface area contributed by atoms with Gasteiger partial charge in [0.1, 0.15) is 4.90 Å². The standard InChI is InChI=1S/C12H16ClNO5S/c1-8(15)3-2-6-14-20(18,19)11-7-9(12(16)17)4-5-10(11)13/h4-5,7-8,14-15H,2-3,6H2,1H3,(H,16,17). The van der Waals surface area contributed by atoms with Gasteiger partial charge in [-0.1, -0.05) is 11.6 Å². The Morgan fingerprint density at radius 2 is 2.10 bits per heavy atom. The number of rotatable bonds is 7. The van der Waals surface area contributed by atoms with E-state index in [1.807, 2.05) is 0 Å². The molecule has 0 aliphatic heterocycles. The molecule has 6 nitrogen and oxygen atoms in total. The van der Waals surface area contributed by atoms with Crippen molar-refractivity contribution in [3.05, 3.63) is 28.8 Å². The highest BCUT2D eigenvalue weighted by Crippen LogP contribution is 2.22. The average Bonchev–Trinajstić information content (AvgIpc) is 2.34. The number of benzene rings is 1. The Kier molecular flexibility index (Phi) is 5.94. The minimum atomic E-state index is -3.87. The Labute approximate surface area is 122 Å². The zero-order valence-corrected chi connectivity index (χ0v) is 12.4. The molecule has 0 fully saturated rings. The second-order valence-corrected chi connectivity index (χ2v) is 6.48. The monoisotopic (exact) mass is 321 g/mol. The summed E-state index contributed by atoms with van der Waals surface area (Å²) in [6.45, 7) is 1.75. The Hall–Kier alpha value is -1.15. The van der Waals surface area contributed by atoms with Crippen LogP contribution in [0.3, 0.4) is 0 Å². The van der Waals surface area contributed by atoms with Crippen LogP contribution in [0.4, 0.5) is 0 Å². The summed E-state index contributed by atoms with van der Waals surface area (Å²) in [5.74, 6) is -1.23. The van der Waals surface area contributed by atoms with Gasteiger partial charge in [-0.25, -0.2) is 17.9 Å². The third-order valence-corrected chi connectivity index (χ3v) is 4.50. The number of hydrogen-bond acceptors (Lipinski definition) is 4. The van der Waals surface area contributed by atoms with Crippen LogP contribution in [0.2, 0.25) is 5.02 Å². The number of nitrogens with one attached hydrogen (secondary N) is 1. The lowest BCUT2D eigenvalue weighted by molar-refractivity contribution is 0.0696. The number of hydrogen-bond donors (Lipinski definition) is 3. The van der Waals surface area contributed by atoms with E-state index < -0.39 is 22.1 Å². The molecule has 0 saturated carbocycles. The minimum absolute atomic E-state index is 0.0435. The third-order valence-electron chi connectivity index (χ3n) is 2.56. The highest BCUT2D eigenvalue weighted by atomic mass is 35.5. The van der Waals surface area contributed by atoms with E-state index in [1.54, 1.807) is 6.92 Å². The number of carbonyl (C=O) groups is 1. The SMILES string of the molecule is CC(O)CCCNS(=O)(=O)c1cc(C(=O)O)ccc1Cl. The van der Waals surface area contributed by atoms with Gasteiger partial charge in [0.2, 0.25) is 10.0 Å². The number of aromatic carboxylic acids is 1. The maximum absolute atomic E-state index is 12.0. The van der Waals surface area contributed by atoms with Crippen LogP contribution in [0.1, 0.15) is 30.1 Å². The predicted molar refractivity (Wildman–Crippen MR) is 74.5 cm³/mol. The quantitative estimate of drug-likeness (QED) is 0.660. The lowest BCUT2D eigenvalue weighted by Gasteiger charge is -2.09. The molecule has 0 bridgehead atoms. The van der Waals surface area contributed by atoms with Gasteiger partial charge in [0.15, 0.2) is 0 Å². The van der Waals surface area contributed by atoms with Gasteiger partial charge in [-0.15, -0.1) is 0 Å². The van der Waals surface area contributed by atoms with Gasteiger partial charge < -0.3 is 10.2 Å². The maximum Gasteiger partial charge on any atom is 0.335 e. The van der Waals surface area contributed by atoms with E-state index in [4.69, 9.17) is 21.8 Å². The molecule has 1 aromatic rings. The van der Waals surface area contributed by atoms with Crippen LogP contribution in [0.5, 0.6) is 0 Å². The Morgan fingerprint density at radius 1 is 1.45 bits per heavy atom. The summed E-state index contributed by atoms with van der Waals surface area (Å²) >= 11 is 5.80. The molecule has 0 aliphatic rings. The first-order chi connectivity index (χ1) is 9.24. The molecular weight excluding hydrogens is 306 g/mol. The number of carboxylic acid groups (broad SMARTS) is 1. The third kappa shape index (κ3) is 4.75. The van der Waals surface area contributed by atoms with Crippen LogP contribution in [-0.4, -0.2) is 37.2 Å². The van der Waals surface area contributed by atoms with Crippen molar-refractivity contribution in [2.24, 2.45) is 0 Å². The predicted octanol–water partition coefficient (Wildman–Crippen LogP) is 1.48. The van der Waals surface area contributed by atoms with Crippen molar-refractivity contribution >= 4 is 27.6 Å². The van der Waals surface area contributed by atoms with Crippen molar-refractivity contribution in [1.29, 1.82) is 0 Å². The Bertz CT molecular complexity index is 586. The fourth-order valence-electron chi connectivity index (χ4n) is 1.52. The van der Waals surface area contributed by atoms with E-state index in [9.17, 15) is 13.2 Å². The molecule has 112 valence electrons. The number of sulfonamides is 1. The van der Waals surface area contributed by atoms with E-state index in [0.29, 0.717) is 12.8 Å². The zero-order chi connectivity index (χ0) is 15.3. The topological polar surface area (TPSA) is 104 Å². The van der Waals surface area contributed by atoms with Crippen LogP contribution in [0.15, 0.2) is 23.1 Å². The average molecular weight is 322 g/mol. The molecule has 0 saturated heterocycles. The summed E-state index contributed by atoms with van der Waals surface area (Å²) in [6.07, 6.45) is 0.428. The summed E-state index contributed by atoms with van der Waals surface area (Å²) in [4.78, 5) is 10.6. The summed E-state index contributed by atoms with van der Waals surface area (Å²) in [5.41, 5.74) is -0.154. The normalized spacial score (nSPS) is 13.2. The van der Waals surface area contributed by atoms with Crippen molar-refractivity contribution in [2.75, 3.05) is 6.54 Å². The van der Waals surface area contributed by atoms with Gasteiger partial charge in [0.05, 0.1) is 16.7 Å². The lowest BCUT2D eigenvalue weighted by Crippen LogP contribution is -2.26. The summed E-state index contributed by atoms with van der Waals surface area (Å²) in [6, 6.07) is 3.48. The fraction of sp³-hybridized carbons (Fsp3) is 0.417. The molecule has 0 amide bonds. The van der Waals surface area contributed by atoms with E-state index in [-0.39, 0.29) is 22.0 Å². The minimum Gasteiger partial charge on any atom is -0.478 e. The molecule has 8 heteroatoms. The molecule has 20 heavy (non-hydrogen) atoms. The first-order valence-electron chi connectivity index (χ1n) is 5.94. The van der Waals surface area contributed by atoms with Gasteiger partial charge in [0.25, 0.3) is 0 Å². The first-order valence-corrected chi connectivity index (χ1v) is 7.80. The second-order valence-electron chi connectivity index (χ2n) is 4.34. The highest BCUT2D eigenvalue weighted by Gasteiger charge is 2.19. The van der Waals surface area contributed by atoms with E-state index in [0.717, 1.165) is 6.07 Å².